The van der Waals surface area contributed by atoms with Crippen LogP contribution in [-0.4, -0.2) is 64.4 Å². The summed E-state index contributed by atoms with van der Waals surface area (Å²) >= 11 is 0. The van der Waals surface area contributed by atoms with E-state index in [4.69, 9.17) is 14.0 Å². The van der Waals surface area contributed by atoms with Crippen LogP contribution in [0.5, 0.6) is 0 Å². The number of hydrogen-bond acceptors (Lipinski definition) is 5. The van der Waals surface area contributed by atoms with Crippen LogP contribution >= 0.6 is 7.60 Å². The molecule has 0 N–H and O–H groups in total. The van der Waals surface area contributed by atoms with E-state index in [1.54, 1.807) is 7.11 Å². The molecule has 2 unspecified atom stereocenters. The lowest BCUT2D eigenvalue weighted by molar-refractivity contribution is -0.884. The number of allylic oxidation sites excluding steroid dienone is 2. The third-order valence-corrected chi connectivity index (χ3v) is 9.37. The molecule has 0 aromatic rings. The average Bonchev–Trinajstić information content (AvgIpc) is 2.87. The summed E-state index contributed by atoms with van der Waals surface area (Å²) < 4.78 is 29.6. The van der Waals surface area contributed by atoms with Crippen molar-refractivity contribution in [2.75, 3.05) is 48.1 Å². The van der Waals surface area contributed by atoms with Gasteiger partial charge in [-0.25, -0.2) is 0 Å². The first-order valence-corrected chi connectivity index (χ1v) is 17.3. The van der Waals surface area contributed by atoms with Crippen LogP contribution in [0.25, 0.3) is 0 Å². The van der Waals surface area contributed by atoms with Crippen LogP contribution in [0.4, 0.5) is 0 Å². The first kappa shape index (κ1) is 37.8. The van der Waals surface area contributed by atoms with Crippen LogP contribution < -0.4 is 4.89 Å². The van der Waals surface area contributed by atoms with Gasteiger partial charge >= 0.3 is 0 Å². The molecule has 0 bridgehead atoms. The summed E-state index contributed by atoms with van der Waals surface area (Å²) in [6.07, 6.45) is 26.7. The van der Waals surface area contributed by atoms with E-state index in [-0.39, 0.29) is 12.7 Å². The highest BCUT2D eigenvalue weighted by molar-refractivity contribution is 7.51. The van der Waals surface area contributed by atoms with Gasteiger partial charge in [-0.2, -0.15) is 0 Å². The van der Waals surface area contributed by atoms with Crippen molar-refractivity contribution in [2.24, 2.45) is 0 Å². The Hall–Kier alpha value is -0.230. The minimum Gasteiger partial charge on any atom is -0.774 e. The van der Waals surface area contributed by atoms with E-state index in [9.17, 15) is 9.46 Å². The van der Waals surface area contributed by atoms with E-state index >= 15 is 0 Å². The number of rotatable bonds is 28. The van der Waals surface area contributed by atoms with Gasteiger partial charge in [-0.1, -0.05) is 96.6 Å². The second-order valence-corrected chi connectivity index (χ2v) is 13.7. The molecule has 228 valence electrons. The van der Waals surface area contributed by atoms with Crippen LogP contribution in [0.2, 0.25) is 0 Å². The predicted octanol–water partition coefficient (Wildman–Crippen LogP) is 8.24. The minimum absolute atomic E-state index is 0.00140. The molecule has 3 atom stereocenters. The maximum Gasteiger partial charge on any atom is 0.193 e. The van der Waals surface area contributed by atoms with Crippen molar-refractivity contribution in [3.63, 3.8) is 0 Å². The molecule has 0 aliphatic rings. The summed E-state index contributed by atoms with van der Waals surface area (Å²) in [5.41, 5.74) is 0. The van der Waals surface area contributed by atoms with Crippen molar-refractivity contribution in [1.82, 2.24) is 0 Å². The topological polar surface area (TPSA) is 67.8 Å². The highest BCUT2D eigenvalue weighted by atomic mass is 31.2. The molecular formula is C31H64NO5P. The number of quaternary nitrogens is 1. The van der Waals surface area contributed by atoms with Crippen LogP contribution in [0.1, 0.15) is 129 Å². The first-order chi connectivity index (χ1) is 18.2. The molecule has 0 rings (SSSR count). The second-order valence-electron chi connectivity index (χ2n) is 11.8. The maximum absolute atomic E-state index is 12.7. The van der Waals surface area contributed by atoms with Gasteiger partial charge in [-0.15, -0.1) is 0 Å². The molecule has 0 aromatic carbocycles. The minimum atomic E-state index is -4.01. The van der Waals surface area contributed by atoms with Crippen LogP contribution in [0.15, 0.2) is 12.2 Å². The smallest absolute Gasteiger partial charge is 0.193 e. The van der Waals surface area contributed by atoms with Gasteiger partial charge in [0.05, 0.1) is 34.4 Å². The molecule has 0 heterocycles. The van der Waals surface area contributed by atoms with Gasteiger partial charge in [0, 0.05) is 20.1 Å². The van der Waals surface area contributed by atoms with Crippen molar-refractivity contribution in [1.29, 1.82) is 0 Å². The molecule has 0 saturated carbocycles. The highest BCUT2D eigenvalue weighted by Gasteiger charge is 2.35. The van der Waals surface area contributed by atoms with E-state index < -0.39 is 13.4 Å². The Kier molecular flexibility index (Phi) is 24.4. The molecule has 0 aliphatic carbocycles. The summed E-state index contributed by atoms with van der Waals surface area (Å²) in [5, 5.41) is 0. The van der Waals surface area contributed by atoms with E-state index in [1.807, 2.05) is 28.1 Å². The zero-order valence-corrected chi connectivity index (χ0v) is 27.0. The first-order valence-electron chi connectivity index (χ1n) is 15.7. The Bertz CT molecular complexity index is 593. The van der Waals surface area contributed by atoms with Crippen LogP contribution in [-0.2, 0) is 18.6 Å². The van der Waals surface area contributed by atoms with Crippen LogP contribution in [0.3, 0.4) is 0 Å². The average molecular weight is 562 g/mol. The molecule has 0 radical (unpaired) electrons. The Labute approximate surface area is 237 Å². The second kappa shape index (κ2) is 24.6. The Morgan fingerprint density at radius 2 is 1.24 bits per heavy atom. The van der Waals surface area contributed by atoms with Crippen molar-refractivity contribution >= 4 is 7.60 Å². The molecule has 7 heteroatoms. The third-order valence-electron chi connectivity index (χ3n) is 7.18. The van der Waals surface area contributed by atoms with Gasteiger partial charge in [0.15, 0.2) is 13.4 Å². The van der Waals surface area contributed by atoms with Gasteiger partial charge in [0.25, 0.3) is 0 Å². The summed E-state index contributed by atoms with van der Waals surface area (Å²) in [4.78, 5) is 12.7. The zero-order valence-electron chi connectivity index (χ0n) is 26.1. The van der Waals surface area contributed by atoms with Crippen molar-refractivity contribution in [3.05, 3.63) is 12.2 Å². The summed E-state index contributed by atoms with van der Waals surface area (Å²) in [5.74, 6) is -0.556. The molecule has 38 heavy (non-hydrogen) atoms. The number of hydrogen-bond donors (Lipinski definition) is 0. The molecule has 0 aliphatic heterocycles. The lowest BCUT2D eigenvalue weighted by atomic mass is 10.1. The fourth-order valence-electron chi connectivity index (χ4n) is 4.71. The molecule has 6 nitrogen and oxygen atoms in total. The van der Waals surface area contributed by atoms with Gasteiger partial charge in [-0.05, 0) is 38.5 Å². The Morgan fingerprint density at radius 1 is 0.737 bits per heavy atom. The molecule has 0 saturated heterocycles. The molecule has 0 fully saturated rings. The molecular weight excluding hydrogens is 497 g/mol. The fraction of sp³-hybridized carbons (Fsp3) is 0.935. The van der Waals surface area contributed by atoms with Crippen molar-refractivity contribution < 1.29 is 27.9 Å². The predicted molar refractivity (Wildman–Crippen MR) is 161 cm³/mol. The molecule has 0 aromatic heterocycles. The number of methoxy groups -OCH3 is 1. The number of nitrogens with zero attached hydrogens (tertiary/aromatic N) is 1. The maximum atomic E-state index is 12.7. The Morgan fingerprint density at radius 3 is 1.71 bits per heavy atom. The SMILES string of the molecule is CCCCCCCCCCCCC/C=C\CCCCCOC[C@H](COP(=O)([O-])C(CCC)[N+](C)(C)C)OC. The molecule has 0 spiro atoms. The van der Waals surface area contributed by atoms with E-state index in [2.05, 4.69) is 19.1 Å². The largest absolute Gasteiger partial charge is 0.774 e. The normalized spacial score (nSPS) is 15.7. The van der Waals surface area contributed by atoms with E-state index in [0.29, 0.717) is 24.1 Å². The summed E-state index contributed by atoms with van der Waals surface area (Å²) in [7, 11) is 3.23. The van der Waals surface area contributed by atoms with Crippen molar-refractivity contribution in [3.8, 4) is 0 Å². The third kappa shape index (κ3) is 21.6. The van der Waals surface area contributed by atoms with Crippen LogP contribution in [0, 0.1) is 0 Å². The Balaban J connectivity index is 3.71. The lowest BCUT2D eigenvalue weighted by Gasteiger charge is -2.41. The van der Waals surface area contributed by atoms with Gasteiger partial charge in [0.2, 0.25) is 0 Å². The standard InChI is InChI=1S/C31H64NO5P/c1-7-9-10-11-12-13-14-15-16-17-18-19-20-21-22-23-24-25-27-36-28-30(35-6)29-37-38(33,34)31(26-8-2)32(3,4)5/h20-21,30-31H,7-19,22-29H2,1-6H3/b21-20-/t30-,31?/m1/s1. The van der Waals surface area contributed by atoms with Gasteiger partial charge in [-0.3, -0.25) is 0 Å². The van der Waals surface area contributed by atoms with E-state index in [0.717, 1.165) is 25.7 Å². The number of ether oxygens (including phenoxy) is 2. The summed E-state index contributed by atoms with van der Waals surface area (Å²) in [6.45, 7) is 5.28. The lowest BCUT2D eigenvalue weighted by Crippen LogP contribution is -2.47. The highest BCUT2D eigenvalue weighted by Crippen LogP contribution is 2.48. The van der Waals surface area contributed by atoms with E-state index in [1.165, 1.54) is 83.5 Å². The van der Waals surface area contributed by atoms with Crippen molar-refractivity contribution in [2.45, 2.75) is 141 Å². The van der Waals surface area contributed by atoms with Gasteiger partial charge in [0.1, 0.15) is 6.10 Å². The monoisotopic (exact) mass is 561 g/mol. The molecule has 0 amide bonds. The summed E-state index contributed by atoms with van der Waals surface area (Å²) in [6, 6.07) is 0. The number of unbranched alkanes of at least 4 members (excludes halogenated alkanes) is 14. The quantitative estimate of drug-likeness (QED) is 0.0416. The fourth-order valence-corrected chi connectivity index (χ4v) is 6.67. The van der Waals surface area contributed by atoms with Gasteiger partial charge < -0.3 is 27.9 Å². The zero-order chi connectivity index (χ0) is 28.5.